The van der Waals surface area contributed by atoms with Crippen molar-refractivity contribution < 1.29 is 14.7 Å². The van der Waals surface area contributed by atoms with Crippen LogP contribution in [0, 0.1) is 0 Å². The Morgan fingerprint density at radius 2 is 1.79 bits per heavy atom. The molecule has 0 aliphatic carbocycles. The largest absolute Gasteiger partial charge is 0.481 e. The quantitative estimate of drug-likeness (QED) is 0.797. The Labute approximate surface area is 112 Å². The molecule has 0 radical (unpaired) electrons. The van der Waals surface area contributed by atoms with Crippen LogP contribution in [0.2, 0.25) is 0 Å². The second kappa shape index (κ2) is 6.22. The van der Waals surface area contributed by atoms with Crippen molar-refractivity contribution in [2.24, 2.45) is 0 Å². The van der Waals surface area contributed by atoms with Gasteiger partial charge in [-0.1, -0.05) is 24.3 Å². The summed E-state index contributed by atoms with van der Waals surface area (Å²) < 4.78 is 0. The summed E-state index contributed by atoms with van der Waals surface area (Å²) in [5.41, 5.74) is 2.40. The van der Waals surface area contributed by atoms with Gasteiger partial charge in [0.2, 0.25) is 0 Å². The molecule has 0 fully saturated rings. The van der Waals surface area contributed by atoms with Crippen LogP contribution in [0.5, 0.6) is 0 Å². The predicted octanol–water partition coefficient (Wildman–Crippen LogP) is 1.97. The van der Waals surface area contributed by atoms with Crippen molar-refractivity contribution in [3.8, 4) is 0 Å². The first-order valence-corrected chi connectivity index (χ1v) is 6.48. The second-order valence-corrected chi connectivity index (χ2v) is 4.71. The van der Waals surface area contributed by atoms with Gasteiger partial charge in [0, 0.05) is 26.1 Å². The van der Waals surface area contributed by atoms with E-state index in [9.17, 15) is 9.59 Å². The molecule has 19 heavy (non-hydrogen) atoms. The maximum absolute atomic E-state index is 11.9. The van der Waals surface area contributed by atoms with Crippen LogP contribution in [0.3, 0.4) is 0 Å². The van der Waals surface area contributed by atoms with E-state index in [0.717, 1.165) is 0 Å². The molecule has 0 saturated heterocycles. The molecule has 0 saturated carbocycles. The number of nitrogens with zero attached hydrogens (tertiary/aromatic N) is 1. The average Bonchev–Trinajstić information content (AvgIpc) is 2.81. The van der Waals surface area contributed by atoms with Crippen LogP contribution in [0.25, 0.3) is 0 Å². The molecule has 5 heteroatoms. The fraction of sp³-hybridized carbons (Fsp3) is 0.429. The molecular formula is C14H18N2O3. The molecule has 0 aromatic heterocycles. The van der Waals surface area contributed by atoms with Crippen LogP contribution in [0.15, 0.2) is 24.3 Å². The number of benzene rings is 1. The summed E-state index contributed by atoms with van der Waals surface area (Å²) in [6, 6.07) is 7.95. The van der Waals surface area contributed by atoms with Crippen molar-refractivity contribution in [3.63, 3.8) is 0 Å². The third kappa shape index (κ3) is 3.71. The van der Waals surface area contributed by atoms with Gasteiger partial charge in [0.05, 0.1) is 0 Å². The number of rotatable bonds is 5. The molecule has 0 unspecified atom stereocenters. The van der Waals surface area contributed by atoms with Gasteiger partial charge in [-0.3, -0.25) is 4.79 Å². The third-order valence-corrected chi connectivity index (χ3v) is 3.22. The van der Waals surface area contributed by atoms with Gasteiger partial charge in [-0.25, -0.2) is 4.79 Å². The van der Waals surface area contributed by atoms with Crippen molar-refractivity contribution in [3.05, 3.63) is 35.4 Å². The second-order valence-electron chi connectivity index (χ2n) is 4.71. The summed E-state index contributed by atoms with van der Waals surface area (Å²) in [5.74, 6) is -0.790. The molecule has 0 spiro atoms. The van der Waals surface area contributed by atoms with Crippen LogP contribution >= 0.6 is 0 Å². The number of unbranched alkanes of at least 4 members (excludes halogenated alkanes) is 1. The number of hydrogen-bond acceptors (Lipinski definition) is 2. The molecule has 2 amide bonds. The van der Waals surface area contributed by atoms with E-state index in [4.69, 9.17) is 5.11 Å². The molecule has 1 aromatic carbocycles. The average molecular weight is 262 g/mol. The summed E-state index contributed by atoms with van der Waals surface area (Å²) in [4.78, 5) is 24.0. The number of carbonyl (C=O) groups is 2. The normalized spacial score (nSPS) is 13.2. The molecule has 102 valence electrons. The summed E-state index contributed by atoms with van der Waals surface area (Å²) in [6.07, 6.45) is 1.44. The van der Waals surface area contributed by atoms with Gasteiger partial charge in [0.1, 0.15) is 0 Å². The third-order valence-electron chi connectivity index (χ3n) is 3.22. The van der Waals surface area contributed by atoms with Crippen molar-refractivity contribution in [1.29, 1.82) is 0 Å². The number of aliphatic carboxylic acids is 1. The maximum Gasteiger partial charge on any atom is 0.318 e. The van der Waals surface area contributed by atoms with Gasteiger partial charge >= 0.3 is 12.0 Å². The lowest BCUT2D eigenvalue weighted by Crippen LogP contribution is -2.36. The summed E-state index contributed by atoms with van der Waals surface area (Å²) >= 11 is 0. The molecular weight excluding hydrogens is 244 g/mol. The Bertz CT molecular complexity index is 449. The highest BCUT2D eigenvalue weighted by Crippen LogP contribution is 2.21. The predicted molar refractivity (Wildman–Crippen MR) is 70.6 cm³/mol. The van der Waals surface area contributed by atoms with Gasteiger partial charge < -0.3 is 15.3 Å². The highest BCUT2D eigenvalue weighted by Gasteiger charge is 2.22. The lowest BCUT2D eigenvalue weighted by atomic mass is 10.1. The Hall–Kier alpha value is -2.04. The lowest BCUT2D eigenvalue weighted by Gasteiger charge is -2.16. The van der Waals surface area contributed by atoms with E-state index in [0.29, 0.717) is 32.5 Å². The molecule has 1 heterocycles. The topological polar surface area (TPSA) is 69.6 Å². The molecule has 0 bridgehead atoms. The van der Waals surface area contributed by atoms with E-state index in [1.165, 1.54) is 11.1 Å². The van der Waals surface area contributed by atoms with Crippen LogP contribution in [-0.2, 0) is 17.9 Å². The Balaban J connectivity index is 1.70. The van der Waals surface area contributed by atoms with Crippen molar-refractivity contribution in [2.45, 2.75) is 32.4 Å². The first-order valence-electron chi connectivity index (χ1n) is 6.48. The maximum atomic E-state index is 11.9. The Morgan fingerprint density at radius 3 is 2.37 bits per heavy atom. The standard InChI is InChI=1S/C14H18N2O3/c17-13(18)7-3-4-8-15-14(19)16-9-11-5-1-2-6-12(11)10-16/h1-2,5-6H,3-4,7-10H2,(H,15,19)(H,17,18). The van der Waals surface area contributed by atoms with Crippen molar-refractivity contribution in [1.82, 2.24) is 10.2 Å². The minimum absolute atomic E-state index is 0.0773. The smallest absolute Gasteiger partial charge is 0.318 e. The zero-order valence-electron chi connectivity index (χ0n) is 10.8. The molecule has 2 N–H and O–H groups in total. The van der Waals surface area contributed by atoms with Crippen LogP contribution < -0.4 is 5.32 Å². The zero-order chi connectivity index (χ0) is 13.7. The Kier molecular flexibility index (Phi) is 4.39. The van der Waals surface area contributed by atoms with E-state index in [-0.39, 0.29) is 12.5 Å². The Morgan fingerprint density at radius 1 is 1.16 bits per heavy atom. The summed E-state index contributed by atoms with van der Waals surface area (Å²) in [7, 11) is 0. The van der Waals surface area contributed by atoms with Gasteiger partial charge in [-0.15, -0.1) is 0 Å². The molecule has 1 aromatic rings. The van der Waals surface area contributed by atoms with Crippen LogP contribution in [-0.4, -0.2) is 28.6 Å². The number of fused-ring (bicyclic) bond motifs is 1. The lowest BCUT2D eigenvalue weighted by molar-refractivity contribution is -0.137. The highest BCUT2D eigenvalue weighted by molar-refractivity contribution is 5.75. The summed E-state index contributed by atoms with van der Waals surface area (Å²) in [5, 5.41) is 11.3. The molecule has 2 rings (SSSR count). The number of amides is 2. The van der Waals surface area contributed by atoms with Gasteiger partial charge in [0.15, 0.2) is 0 Å². The fourth-order valence-corrected chi connectivity index (χ4v) is 2.19. The monoisotopic (exact) mass is 262 g/mol. The van der Waals surface area contributed by atoms with E-state index >= 15 is 0 Å². The summed E-state index contributed by atoms with van der Waals surface area (Å²) in [6.45, 7) is 1.83. The molecule has 1 aliphatic rings. The minimum Gasteiger partial charge on any atom is -0.481 e. The number of carboxylic acid groups (broad SMARTS) is 1. The van der Waals surface area contributed by atoms with E-state index in [1.54, 1.807) is 4.90 Å². The molecule has 1 aliphatic heterocycles. The highest BCUT2D eigenvalue weighted by atomic mass is 16.4. The SMILES string of the molecule is O=C(O)CCCCNC(=O)N1Cc2ccccc2C1. The number of urea groups is 1. The fourth-order valence-electron chi connectivity index (χ4n) is 2.19. The van der Waals surface area contributed by atoms with Crippen LogP contribution in [0.1, 0.15) is 30.4 Å². The van der Waals surface area contributed by atoms with Gasteiger partial charge in [0.25, 0.3) is 0 Å². The van der Waals surface area contributed by atoms with Crippen molar-refractivity contribution in [2.75, 3.05) is 6.54 Å². The minimum atomic E-state index is -0.790. The first-order chi connectivity index (χ1) is 9.16. The molecule has 5 nitrogen and oxygen atoms in total. The molecule has 0 atom stereocenters. The van der Waals surface area contributed by atoms with E-state index in [2.05, 4.69) is 5.32 Å². The number of carboxylic acids is 1. The first kappa shape index (κ1) is 13.4. The zero-order valence-corrected chi connectivity index (χ0v) is 10.8. The van der Waals surface area contributed by atoms with Crippen molar-refractivity contribution >= 4 is 12.0 Å². The number of carbonyl (C=O) groups excluding carboxylic acids is 1. The number of nitrogens with one attached hydrogen (secondary N) is 1. The van der Waals surface area contributed by atoms with E-state index in [1.807, 2.05) is 24.3 Å². The van der Waals surface area contributed by atoms with Gasteiger partial charge in [-0.05, 0) is 24.0 Å². The van der Waals surface area contributed by atoms with Crippen LogP contribution in [0.4, 0.5) is 4.79 Å². The number of hydrogen-bond donors (Lipinski definition) is 2. The van der Waals surface area contributed by atoms with Gasteiger partial charge in [-0.2, -0.15) is 0 Å². The van der Waals surface area contributed by atoms with E-state index < -0.39 is 5.97 Å².